The molecule has 0 aliphatic heterocycles. The lowest BCUT2D eigenvalue weighted by Gasteiger charge is -2.09. The number of carbonyl (C=O) groups is 2. The van der Waals surface area contributed by atoms with Crippen LogP contribution in [0.1, 0.15) is 17.7 Å². The number of fused-ring (bicyclic) bond motifs is 1. The van der Waals surface area contributed by atoms with E-state index in [2.05, 4.69) is 15.3 Å². The average Bonchev–Trinajstić information content (AvgIpc) is 3.06. The Kier molecular flexibility index (Phi) is 5.98. The number of esters is 1. The Morgan fingerprint density at radius 1 is 1.22 bits per heavy atom. The van der Waals surface area contributed by atoms with Gasteiger partial charge in [-0.2, -0.15) is 0 Å². The van der Waals surface area contributed by atoms with E-state index in [1.165, 1.54) is 6.07 Å². The number of H-pyrrole nitrogens is 1. The number of hydrogen-bond donors (Lipinski definition) is 2. The maximum atomic E-state index is 11.9. The van der Waals surface area contributed by atoms with Crippen LogP contribution in [0.15, 0.2) is 36.5 Å². The van der Waals surface area contributed by atoms with Crippen LogP contribution >= 0.6 is 23.2 Å². The second kappa shape index (κ2) is 8.41. The molecule has 2 N–H and O–H groups in total. The summed E-state index contributed by atoms with van der Waals surface area (Å²) in [5.74, 6) is -0.799. The van der Waals surface area contributed by atoms with E-state index < -0.39 is 18.5 Å². The van der Waals surface area contributed by atoms with E-state index in [-0.39, 0.29) is 17.3 Å². The molecule has 0 fully saturated rings. The summed E-state index contributed by atoms with van der Waals surface area (Å²) in [4.78, 5) is 31.1. The third kappa shape index (κ3) is 4.78. The maximum Gasteiger partial charge on any atom is 0.306 e. The van der Waals surface area contributed by atoms with Crippen molar-refractivity contribution in [1.82, 2.24) is 9.97 Å². The first kappa shape index (κ1) is 19.2. The third-order valence-electron chi connectivity index (χ3n) is 4.00. The van der Waals surface area contributed by atoms with Crippen LogP contribution in [0.2, 0.25) is 10.0 Å². The molecular weight excluding hydrogens is 389 g/mol. The monoisotopic (exact) mass is 405 g/mol. The van der Waals surface area contributed by atoms with Crippen LogP contribution in [0.25, 0.3) is 10.9 Å². The number of para-hydroxylation sites is 1. The van der Waals surface area contributed by atoms with Crippen molar-refractivity contribution in [3.8, 4) is 0 Å². The number of amides is 1. The minimum absolute atomic E-state index is 0.175. The number of pyridine rings is 1. The van der Waals surface area contributed by atoms with Crippen LogP contribution in [0.3, 0.4) is 0 Å². The Balaban J connectivity index is 1.49. The lowest BCUT2D eigenvalue weighted by Crippen LogP contribution is -2.22. The van der Waals surface area contributed by atoms with Crippen LogP contribution in [0.5, 0.6) is 0 Å². The average molecular weight is 406 g/mol. The van der Waals surface area contributed by atoms with Gasteiger partial charge in [0.25, 0.3) is 5.91 Å². The fourth-order valence-corrected chi connectivity index (χ4v) is 3.01. The second-order valence-corrected chi connectivity index (χ2v) is 6.77. The van der Waals surface area contributed by atoms with Crippen molar-refractivity contribution in [2.24, 2.45) is 0 Å². The van der Waals surface area contributed by atoms with Gasteiger partial charge in [0.05, 0.1) is 15.7 Å². The largest absolute Gasteiger partial charge is 0.456 e. The molecule has 27 heavy (non-hydrogen) atoms. The number of aromatic nitrogens is 2. The van der Waals surface area contributed by atoms with Crippen molar-refractivity contribution in [3.63, 3.8) is 0 Å². The zero-order valence-corrected chi connectivity index (χ0v) is 16.0. The van der Waals surface area contributed by atoms with Gasteiger partial charge in [0.15, 0.2) is 12.4 Å². The van der Waals surface area contributed by atoms with Gasteiger partial charge >= 0.3 is 5.97 Å². The van der Waals surface area contributed by atoms with Gasteiger partial charge in [-0.05, 0) is 31.0 Å². The Labute approximate surface area is 165 Å². The molecule has 0 aliphatic carbocycles. The van der Waals surface area contributed by atoms with E-state index in [9.17, 15) is 9.59 Å². The van der Waals surface area contributed by atoms with Crippen molar-refractivity contribution in [2.45, 2.75) is 19.8 Å². The predicted molar refractivity (Wildman–Crippen MR) is 105 cm³/mol. The van der Waals surface area contributed by atoms with E-state index in [1.807, 2.05) is 30.5 Å². The third-order valence-corrected chi connectivity index (χ3v) is 4.67. The highest BCUT2D eigenvalue weighted by molar-refractivity contribution is 6.36. The summed E-state index contributed by atoms with van der Waals surface area (Å²) in [5.41, 5.74) is 2.58. The van der Waals surface area contributed by atoms with Crippen molar-refractivity contribution >= 4 is 51.8 Å². The summed E-state index contributed by atoms with van der Waals surface area (Å²) in [6, 6.07) is 9.34. The molecule has 1 amide bonds. The van der Waals surface area contributed by atoms with Gasteiger partial charge in [0, 0.05) is 23.5 Å². The summed E-state index contributed by atoms with van der Waals surface area (Å²) in [7, 11) is 0. The molecule has 0 atom stereocenters. The van der Waals surface area contributed by atoms with E-state index in [0.717, 1.165) is 16.5 Å². The van der Waals surface area contributed by atoms with Crippen molar-refractivity contribution in [2.75, 3.05) is 11.9 Å². The summed E-state index contributed by atoms with van der Waals surface area (Å²) >= 11 is 11.9. The molecule has 2 heterocycles. The maximum absolute atomic E-state index is 11.9. The highest BCUT2D eigenvalue weighted by atomic mass is 35.5. The number of aryl methyl sites for hydroxylation is 2. The van der Waals surface area contributed by atoms with Crippen LogP contribution in [-0.2, 0) is 20.7 Å². The Bertz CT molecular complexity index is 1000. The van der Waals surface area contributed by atoms with Crippen LogP contribution in [0, 0.1) is 6.92 Å². The van der Waals surface area contributed by atoms with Gasteiger partial charge in [-0.25, -0.2) is 4.98 Å². The SMILES string of the molecule is Cc1nc(NC(=O)COC(=O)CCc2c[nH]c3ccccc23)c(Cl)cc1Cl. The zero-order valence-electron chi connectivity index (χ0n) is 14.5. The van der Waals surface area contributed by atoms with Gasteiger partial charge in [-0.3, -0.25) is 9.59 Å². The molecule has 1 aromatic carbocycles. The van der Waals surface area contributed by atoms with Gasteiger partial charge < -0.3 is 15.0 Å². The summed E-state index contributed by atoms with van der Waals surface area (Å²) in [6.45, 7) is 1.28. The van der Waals surface area contributed by atoms with Crippen molar-refractivity contribution in [3.05, 3.63) is 57.8 Å². The number of ether oxygens (including phenoxy) is 1. The number of nitrogens with one attached hydrogen (secondary N) is 2. The molecule has 0 saturated heterocycles. The molecular formula is C19H17Cl2N3O3. The lowest BCUT2D eigenvalue weighted by atomic mass is 10.1. The molecule has 140 valence electrons. The molecule has 2 aromatic heterocycles. The minimum Gasteiger partial charge on any atom is -0.456 e. The molecule has 8 heteroatoms. The predicted octanol–water partition coefficient (Wildman–Crippen LogP) is 4.29. The molecule has 0 radical (unpaired) electrons. The number of benzene rings is 1. The first-order chi connectivity index (χ1) is 12.9. The highest BCUT2D eigenvalue weighted by Gasteiger charge is 2.13. The summed E-state index contributed by atoms with van der Waals surface area (Å²) in [5, 5.41) is 4.19. The smallest absolute Gasteiger partial charge is 0.306 e. The van der Waals surface area contributed by atoms with Gasteiger partial charge in [0.1, 0.15) is 0 Å². The molecule has 3 rings (SSSR count). The Morgan fingerprint density at radius 2 is 2.00 bits per heavy atom. The number of halogens is 2. The number of anilines is 1. The number of carbonyl (C=O) groups excluding carboxylic acids is 2. The molecule has 3 aromatic rings. The summed E-state index contributed by atoms with van der Waals surface area (Å²) < 4.78 is 5.02. The molecule has 6 nitrogen and oxygen atoms in total. The number of nitrogens with zero attached hydrogens (tertiary/aromatic N) is 1. The van der Waals surface area contributed by atoms with Gasteiger partial charge in [0.2, 0.25) is 0 Å². The first-order valence-electron chi connectivity index (χ1n) is 8.27. The number of aromatic amines is 1. The van der Waals surface area contributed by atoms with Crippen LogP contribution < -0.4 is 5.32 Å². The van der Waals surface area contributed by atoms with E-state index in [0.29, 0.717) is 17.1 Å². The first-order valence-corrected chi connectivity index (χ1v) is 9.02. The van der Waals surface area contributed by atoms with Gasteiger partial charge in [-0.15, -0.1) is 0 Å². The summed E-state index contributed by atoms with van der Waals surface area (Å²) in [6.07, 6.45) is 2.57. The fraction of sp³-hybridized carbons (Fsp3) is 0.211. The molecule has 0 spiro atoms. The van der Waals surface area contributed by atoms with Crippen LogP contribution in [0.4, 0.5) is 5.82 Å². The second-order valence-electron chi connectivity index (χ2n) is 5.95. The van der Waals surface area contributed by atoms with E-state index in [4.69, 9.17) is 27.9 Å². The fourth-order valence-electron chi connectivity index (χ4n) is 2.61. The van der Waals surface area contributed by atoms with E-state index >= 15 is 0 Å². The number of hydrogen-bond acceptors (Lipinski definition) is 4. The van der Waals surface area contributed by atoms with Crippen molar-refractivity contribution in [1.29, 1.82) is 0 Å². The van der Waals surface area contributed by atoms with Crippen LogP contribution in [-0.4, -0.2) is 28.5 Å². The topological polar surface area (TPSA) is 84.1 Å². The minimum atomic E-state index is -0.522. The normalized spacial score (nSPS) is 10.8. The van der Waals surface area contributed by atoms with Gasteiger partial charge in [-0.1, -0.05) is 41.4 Å². The lowest BCUT2D eigenvalue weighted by molar-refractivity contribution is -0.147. The van der Waals surface area contributed by atoms with Crippen molar-refractivity contribution < 1.29 is 14.3 Å². The molecule has 0 saturated carbocycles. The Hall–Kier alpha value is -2.57. The quantitative estimate of drug-likeness (QED) is 0.598. The Morgan fingerprint density at radius 3 is 2.81 bits per heavy atom. The zero-order chi connectivity index (χ0) is 19.4. The molecule has 0 aliphatic rings. The standard InChI is InChI=1S/C19H17Cl2N3O3/c1-11-14(20)8-15(21)19(23-11)24-17(25)10-27-18(26)7-6-12-9-22-16-5-3-2-4-13(12)16/h2-5,8-9,22H,6-7,10H2,1H3,(H,23,24,25). The van der Waals surface area contributed by atoms with E-state index in [1.54, 1.807) is 6.92 Å². The molecule has 0 unspecified atom stereocenters. The number of rotatable bonds is 6. The highest BCUT2D eigenvalue weighted by Crippen LogP contribution is 2.25. The molecule has 0 bridgehead atoms.